The van der Waals surface area contributed by atoms with Gasteiger partial charge in [-0.05, 0) is 0 Å². The lowest BCUT2D eigenvalue weighted by Crippen LogP contribution is -2.57. The highest BCUT2D eigenvalue weighted by Crippen LogP contribution is 2.69. The molecular weight excluding hydrogens is 379 g/mol. The first-order valence-corrected chi connectivity index (χ1v) is 5.77. The lowest BCUT2D eigenvalue weighted by atomic mass is 10.1. The maximum Gasteiger partial charge on any atom is 0.391 e. The van der Waals surface area contributed by atoms with E-state index in [2.05, 4.69) is 9.47 Å². The quantitative estimate of drug-likeness (QED) is 0.426. The first kappa shape index (κ1) is 19.6. The van der Waals surface area contributed by atoms with E-state index in [1.54, 1.807) is 0 Å². The van der Waals surface area contributed by atoms with E-state index < -0.39 is 54.0 Å². The Morgan fingerprint density at radius 1 is 0.739 bits per heavy atom. The fourth-order valence-corrected chi connectivity index (χ4v) is 1.57. The number of ether oxygens (including phenoxy) is 2. The molecule has 0 N–H and O–H groups in total. The molecule has 0 aromatic heterocycles. The summed E-state index contributed by atoms with van der Waals surface area (Å²) < 4.78 is 124. The molecule has 1 fully saturated rings. The van der Waals surface area contributed by atoms with E-state index in [-0.39, 0.29) is 0 Å². The molecule has 134 valence electrons. The van der Waals surface area contributed by atoms with Crippen molar-refractivity contribution in [3.05, 3.63) is 0 Å². The normalized spacial score (nSPS) is 25.7. The summed E-state index contributed by atoms with van der Waals surface area (Å²) in [5, 5.41) is 0. The molecule has 0 unspecified atom stereocenters. The summed E-state index contributed by atoms with van der Waals surface area (Å²) in [7, 11) is 0. The number of esters is 2. The Labute approximate surface area is 125 Å². The van der Waals surface area contributed by atoms with Crippen LogP contribution in [-0.4, -0.2) is 54.0 Å². The largest absolute Gasteiger partial charge is 0.453 e. The van der Waals surface area contributed by atoms with Gasteiger partial charge in [0.2, 0.25) is 0 Å². The Hall–Kier alpha value is -1.40. The van der Waals surface area contributed by atoms with Gasteiger partial charge in [-0.2, -0.15) is 39.5 Å². The van der Waals surface area contributed by atoms with Crippen LogP contribution in [0.25, 0.3) is 0 Å². The summed E-state index contributed by atoms with van der Waals surface area (Å²) >= 11 is 4.86. The fraction of sp³-hybridized carbons (Fsp3) is 0.778. The first-order chi connectivity index (χ1) is 10.1. The summed E-state index contributed by atoms with van der Waals surface area (Å²) in [4.78, 5) is 21.4. The minimum atomic E-state index is -6.87. The van der Waals surface area contributed by atoms with Gasteiger partial charge in [-0.25, -0.2) is 4.79 Å². The topological polar surface area (TPSA) is 52.6 Å². The molecule has 0 spiro atoms. The van der Waals surface area contributed by atoms with Crippen LogP contribution in [0.15, 0.2) is 0 Å². The van der Waals surface area contributed by atoms with E-state index >= 15 is 0 Å². The smallest absolute Gasteiger partial charge is 0.391 e. The maximum atomic E-state index is 13.6. The second kappa shape index (κ2) is 5.31. The molecule has 23 heavy (non-hydrogen) atoms. The second-order valence-corrected chi connectivity index (χ2v) is 4.43. The van der Waals surface area contributed by atoms with Gasteiger partial charge in [-0.3, -0.25) is 4.79 Å². The van der Waals surface area contributed by atoms with Gasteiger partial charge >= 0.3 is 41.5 Å². The van der Waals surface area contributed by atoms with Crippen molar-refractivity contribution in [3.8, 4) is 0 Å². The highest BCUT2D eigenvalue weighted by molar-refractivity contribution is 6.26. The summed E-state index contributed by atoms with van der Waals surface area (Å²) in [6, 6.07) is 0. The Kier molecular flexibility index (Phi) is 4.54. The highest BCUT2D eigenvalue weighted by atomic mass is 35.5. The third-order valence-electron chi connectivity index (χ3n) is 2.71. The average Bonchev–Trinajstić information content (AvgIpc) is 2.47. The molecular formula is C9H4ClF9O4. The van der Waals surface area contributed by atoms with Crippen molar-refractivity contribution < 1.29 is 58.6 Å². The molecule has 0 saturated heterocycles. The predicted octanol–water partition coefficient (Wildman–Crippen LogP) is 2.53. The second-order valence-electron chi connectivity index (χ2n) is 4.16. The third kappa shape index (κ3) is 2.31. The fourth-order valence-electron chi connectivity index (χ4n) is 1.49. The SMILES string of the molecule is O=C(CCl)OCC(=O)OC1(F)C(F)(F)C(F)(F)C(F)(F)C1(F)F. The van der Waals surface area contributed by atoms with E-state index in [0.717, 1.165) is 0 Å². The van der Waals surface area contributed by atoms with Crippen molar-refractivity contribution >= 4 is 23.5 Å². The number of alkyl halides is 10. The minimum Gasteiger partial charge on any atom is -0.453 e. The highest BCUT2D eigenvalue weighted by Gasteiger charge is 3.03. The van der Waals surface area contributed by atoms with Crippen LogP contribution >= 0.6 is 11.6 Å². The molecule has 0 amide bonds. The zero-order valence-corrected chi connectivity index (χ0v) is 11.1. The number of carbonyl (C=O) groups is 2. The van der Waals surface area contributed by atoms with Gasteiger partial charge in [0, 0.05) is 0 Å². The number of hydrogen-bond donors (Lipinski definition) is 0. The molecule has 0 bridgehead atoms. The lowest BCUT2D eigenvalue weighted by Gasteiger charge is -2.29. The molecule has 14 heteroatoms. The standard InChI is InChI=1S/C9H4ClF9O4/c10-1-3(20)22-2-4(21)23-9(19)7(15,16)5(11,12)6(13,14)8(9,17)18/h1-2H2. The molecule has 0 aromatic rings. The number of halogens is 10. The molecule has 0 heterocycles. The van der Waals surface area contributed by atoms with E-state index in [9.17, 15) is 49.1 Å². The van der Waals surface area contributed by atoms with Crippen LogP contribution in [0.3, 0.4) is 0 Å². The molecule has 1 aliphatic carbocycles. The van der Waals surface area contributed by atoms with Crippen molar-refractivity contribution in [3.63, 3.8) is 0 Å². The Morgan fingerprint density at radius 2 is 1.13 bits per heavy atom. The van der Waals surface area contributed by atoms with Gasteiger partial charge in [0.05, 0.1) is 0 Å². The summed E-state index contributed by atoms with van der Waals surface area (Å²) in [6.45, 7) is -1.81. The van der Waals surface area contributed by atoms with Crippen LogP contribution in [0.2, 0.25) is 0 Å². The van der Waals surface area contributed by atoms with Crippen LogP contribution < -0.4 is 0 Å². The molecule has 0 aromatic carbocycles. The van der Waals surface area contributed by atoms with Crippen molar-refractivity contribution in [1.82, 2.24) is 0 Å². The Bertz CT molecular complexity index is 495. The minimum absolute atomic E-state index is 0.906. The van der Waals surface area contributed by atoms with Gasteiger partial charge < -0.3 is 9.47 Å². The van der Waals surface area contributed by atoms with Gasteiger partial charge in [-0.15, -0.1) is 11.6 Å². The number of hydrogen-bond acceptors (Lipinski definition) is 4. The summed E-state index contributed by atoms with van der Waals surface area (Å²) in [5.41, 5.74) is 0. The van der Waals surface area contributed by atoms with E-state index in [4.69, 9.17) is 11.6 Å². The molecule has 0 atom stereocenters. The van der Waals surface area contributed by atoms with Crippen molar-refractivity contribution in [1.29, 1.82) is 0 Å². The first-order valence-electron chi connectivity index (χ1n) is 5.23. The molecule has 1 rings (SSSR count). The van der Waals surface area contributed by atoms with Crippen LogP contribution in [0, 0.1) is 0 Å². The maximum absolute atomic E-state index is 13.6. The molecule has 0 aliphatic heterocycles. The van der Waals surface area contributed by atoms with Crippen molar-refractivity contribution in [2.75, 3.05) is 12.5 Å². The third-order valence-corrected chi connectivity index (χ3v) is 2.92. The van der Waals surface area contributed by atoms with E-state index in [1.165, 1.54) is 0 Å². The van der Waals surface area contributed by atoms with E-state index in [0.29, 0.717) is 0 Å². The molecule has 1 saturated carbocycles. The van der Waals surface area contributed by atoms with Crippen molar-refractivity contribution in [2.24, 2.45) is 0 Å². The van der Waals surface area contributed by atoms with Gasteiger partial charge in [0.1, 0.15) is 5.88 Å². The summed E-state index contributed by atoms with van der Waals surface area (Å²) in [6.07, 6.45) is 0. The van der Waals surface area contributed by atoms with Crippen molar-refractivity contribution in [2.45, 2.75) is 29.5 Å². The van der Waals surface area contributed by atoms with Gasteiger partial charge in [0.25, 0.3) is 0 Å². The Balaban J connectivity index is 3.17. The zero-order valence-electron chi connectivity index (χ0n) is 10.3. The lowest BCUT2D eigenvalue weighted by molar-refractivity contribution is -0.343. The van der Waals surface area contributed by atoms with Gasteiger partial charge in [-0.1, -0.05) is 0 Å². The van der Waals surface area contributed by atoms with Gasteiger partial charge in [0.15, 0.2) is 6.61 Å². The van der Waals surface area contributed by atoms with Crippen LogP contribution in [0.1, 0.15) is 0 Å². The van der Waals surface area contributed by atoms with Crippen LogP contribution in [0.4, 0.5) is 39.5 Å². The number of carbonyl (C=O) groups excluding carboxylic acids is 2. The average molecular weight is 383 g/mol. The Morgan fingerprint density at radius 3 is 1.48 bits per heavy atom. The molecule has 0 radical (unpaired) electrons. The van der Waals surface area contributed by atoms with E-state index in [1.807, 2.05) is 0 Å². The summed E-state index contributed by atoms with van der Waals surface area (Å²) in [5.74, 6) is -38.5. The van der Waals surface area contributed by atoms with Crippen LogP contribution in [-0.2, 0) is 19.1 Å². The molecule has 1 aliphatic rings. The molecule has 4 nitrogen and oxygen atoms in total. The zero-order chi connectivity index (χ0) is 18.5. The monoisotopic (exact) mass is 382 g/mol. The van der Waals surface area contributed by atoms with Crippen LogP contribution in [0.5, 0.6) is 0 Å². The predicted molar refractivity (Wildman–Crippen MR) is 51.4 cm³/mol. The number of rotatable bonds is 4.